The summed E-state index contributed by atoms with van der Waals surface area (Å²) in [5.74, 6) is -1.13. The van der Waals surface area contributed by atoms with Crippen LogP contribution in [0.3, 0.4) is 0 Å². The topological polar surface area (TPSA) is 63.8 Å². The Morgan fingerprint density at radius 2 is 2.00 bits per heavy atom. The first-order chi connectivity index (χ1) is 8.47. The molecule has 0 aliphatic carbocycles. The molecular weight excluding hydrogens is 265 g/mol. The van der Waals surface area contributed by atoms with Crippen molar-refractivity contribution in [3.8, 4) is 0 Å². The number of hydrogen-bond donors (Lipinski definition) is 2. The minimum Gasteiger partial charge on any atom is -0.398 e. The van der Waals surface area contributed by atoms with Gasteiger partial charge >= 0.3 is 6.18 Å². The van der Waals surface area contributed by atoms with Crippen molar-refractivity contribution >= 4 is 22.4 Å². The summed E-state index contributed by atoms with van der Waals surface area (Å²) < 4.78 is 40.0. The van der Waals surface area contributed by atoms with E-state index in [-0.39, 0.29) is 5.13 Å². The molecule has 0 saturated heterocycles. The predicted molar refractivity (Wildman–Crippen MR) is 63.1 cm³/mol. The Hall–Kier alpha value is -1.83. The largest absolute Gasteiger partial charge is 0.452 e. The highest BCUT2D eigenvalue weighted by Gasteiger charge is 2.36. The Balaban J connectivity index is 2.03. The fourth-order valence-electron chi connectivity index (χ4n) is 1.28. The van der Waals surface area contributed by atoms with Crippen molar-refractivity contribution in [2.24, 2.45) is 0 Å². The predicted octanol–water partition coefficient (Wildman–Crippen LogP) is 2.75. The van der Waals surface area contributed by atoms with Crippen molar-refractivity contribution < 1.29 is 13.2 Å². The molecule has 96 valence electrons. The second-order valence-corrected chi connectivity index (χ2v) is 4.23. The Kier molecular flexibility index (Phi) is 3.37. The molecule has 2 aromatic rings. The first-order valence-corrected chi connectivity index (χ1v) is 5.72. The van der Waals surface area contributed by atoms with Gasteiger partial charge in [-0.05, 0) is 11.6 Å². The molecule has 0 saturated carbocycles. The van der Waals surface area contributed by atoms with Crippen LogP contribution in [0.2, 0.25) is 0 Å². The molecule has 4 nitrogen and oxygen atoms in total. The minimum absolute atomic E-state index is 0.116. The van der Waals surface area contributed by atoms with Crippen molar-refractivity contribution in [1.29, 1.82) is 0 Å². The van der Waals surface area contributed by atoms with Crippen molar-refractivity contribution in [2.75, 3.05) is 11.1 Å². The Morgan fingerprint density at radius 3 is 2.61 bits per heavy atom. The fraction of sp³-hybridized carbons (Fsp3) is 0.200. The molecule has 3 N–H and O–H groups in total. The van der Waals surface area contributed by atoms with E-state index in [0.29, 0.717) is 23.8 Å². The van der Waals surface area contributed by atoms with Gasteiger partial charge in [0.15, 0.2) is 0 Å². The van der Waals surface area contributed by atoms with Crippen molar-refractivity contribution in [3.63, 3.8) is 0 Å². The van der Waals surface area contributed by atoms with E-state index in [0.717, 1.165) is 5.56 Å². The van der Waals surface area contributed by atoms with Crippen LogP contribution in [0.15, 0.2) is 24.3 Å². The van der Waals surface area contributed by atoms with E-state index in [9.17, 15) is 13.2 Å². The number of anilines is 2. The van der Waals surface area contributed by atoms with E-state index in [1.807, 2.05) is 0 Å². The second-order valence-electron chi connectivity index (χ2n) is 3.47. The third-order valence-corrected chi connectivity index (χ3v) is 2.84. The van der Waals surface area contributed by atoms with Crippen LogP contribution in [-0.4, -0.2) is 9.36 Å². The molecule has 0 aliphatic heterocycles. The molecule has 0 radical (unpaired) electrons. The summed E-state index contributed by atoms with van der Waals surface area (Å²) in [6.07, 6.45) is -4.51. The standard InChI is InChI=1S/C10H9F3N4S/c11-10(12,13)8-16-9(18-17-8)15-5-6-3-1-2-4-7(6)14/h1-4H,5,14H2,(H,15,16,17). The van der Waals surface area contributed by atoms with E-state index in [4.69, 9.17) is 5.73 Å². The van der Waals surface area contributed by atoms with Crippen LogP contribution >= 0.6 is 11.5 Å². The van der Waals surface area contributed by atoms with Crippen LogP contribution in [-0.2, 0) is 12.7 Å². The number of nitrogens with two attached hydrogens (primary N) is 1. The molecule has 0 aliphatic rings. The van der Waals surface area contributed by atoms with Gasteiger partial charge in [0.1, 0.15) is 0 Å². The number of nitrogens with one attached hydrogen (secondary N) is 1. The Bertz CT molecular complexity index is 538. The summed E-state index contributed by atoms with van der Waals surface area (Å²) in [5, 5.41) is 2.88. The molecule has 1 aromatic carbocycles. The second kappa shape index (κ2) is 4.81. The van der Waals surface area contributed by atoms with Crippen molar-refractivity contribution in [3.05, 3.63) is 35.7 Å². The Labute approximate surface area is 105 Å². The zero-order valence-corrected chi connectivity index (χ0v) is 9.85. The zero-order valence-electron chi connectivity index (χ0n) is 9.03. The lowest BCUT2D eigenvalue weighted by molar-refractivity contribution is -0.144. The van der Waals surface area contributed by atoms with Gasteiger partial charge in [0, 0.05) is 23.8 Å². The highest BCUT2D eigenvalue weighted by Crippen LogP contribution is 2.29. The number of rotatable bonds is 3. The van der Waals surface area contributed by atoms with Gasteiger partial charge in [-0.15, -0.1) is 0 Å². The highest BCUT2D eigenvalue weighted by atomic mass is 32.1. The van der Waals surface area contributed by atoms with E-state index in [1.54, 1.807) is 24.3 Å². The molecule has 18 heavy (non-hydrogen) atoms. The summed E-state index contributed by atoms with van der Waals surface area (Å²) in [7, 11) is 0. The van der Waals surface area contributed by atoms with Crippen LogP contribution in [0.4, 0.5) is 24.0 Å². The smallest absolute Gasteiger partial charge is 0.398 e. The molecule has 1 aromatic heterocycles. The molecule has 0 unspecified atom stereocenters. The quantitative estimate of drug-likeness (QED) is 0.845. The first kappa shape index (κ1) is 12.6. The van der Waals surface area contributed by atoms with Gasteiger partial charge in [-0.2, -0.15) is 22.5 Å². The van der Waals surface area contributed by atoms with Crippen LogP contribution in [0, 0.1) is 0 Å². The van der Waals surface area contributed by atoms with Gasteiger partial charge in [0.05, 0.1) is 0 Å². The third kappa shape index (κ3) is 2.89. The van der Waals surface area contributed by atoms with E-state index in [2.05, 4.69) is 14.7 Å². The molecule has 8 heteroatoms. The summed E-state index contributed by atoms with van der Waals surface area (Å²) in [5.41, 5.74) is 7.07. The summed E-state index contributed by atoms with van der Waals surface area (Å²) >= 11 is 0.668. The van der Waals surface area contributed by atoms with Crippen LogP contribution in [0.5, 0.6) is 0 Å². The van der Waals surface area contributed by atoms with E-state index >= 15 is 0 Å². The van der Waals surface area contributed by atoms with Gasteiger partial charge in [0.25, 0.3) is 0 Å². The van der Waals surface area contributed by atoms with Crippen LogP contribution in [0.1, 0.15) is 11.4 Å². The molecular formula is C10H9F3N4S. The molecule has 0 atom stereocenters. The lowest BCUT2D eigenvalue weighted by Crippen LogP contribution is -2.08. The summed E-state index contributed by atoms with van der Waals surface area (Å²) in [6.45, 7) is 0.305. The lowest BCUT2D eigenvalue weighted by Gasteiger charge is -2.05. The van der Waals surface area contributed by atoms with Gasteiger partial charge < -0.3 is 11.1 Å². The van der Waals surface area contributed by atoms with Gasteiger partial charge in [0.2, 0.25) is 11.0 Å². The van der Waals surface area contributed by atoms with Crippen LogP contribution in [0.25, 0.3) is 0 Å². The molecule has 0 bridgehead atoms. The number of alkyl halides is 3. The van der Waals surface area contributed by atoms with Crippen molar-refractivity contribution in [2.45, 2.75) is 12.7 Å². The number of benzene rings is 1. The maximum Gasteiger partial charge on any atom is 0.452 e. The highest BCUT2D eigenvalue weighted by molar-refractivity contribution is 7.09. The van der Waals surface area contributed by atoms with Gasteiger partial charge in [-0.25, -0.2) is 0 Å². The summed E-state index contributed by atoms with van der Waals surface area (Å²) in [6, 6.07) is 7.09. The SMILES string of the molecule is Nc1ccccc1CNc1nc(C(F)(F)F)ns1. The first-order valence-electron chi connectivity index (χ1n) is 4.95. The number of halogens is 3. The van der Waals surface area contributed by atoms with E-state index in [1.165, 1.54) is 0 Å². The van der Waals surface area contributed by atoms with Gasteiger partial charge in [-0.1, -0.05) is 18.2 Å². The average Bonchev–Trinajstić information content (AvgIpc) is 2.76. The maximum atomic E-state index is 12.3. The Morgan fingerprint density at radius 1 is 1.28 bits per heavy atom. The molecule has 0 fully saturated rings. The number of hydrogen-bond acceptors (Lipinski definition) is 5. The normalized spacial score (nSPS) is 11.5. The lowest BCUT2D eigenvalue weighted by atomic mass is 10.2. The zero-order chi connectivity index (χ0) is 13.2. The molecule has 1 heterocycles. The minimum atomic E-state index is -4.51. The number of nitrogen functional groups attached to an aromatic ring is 1. The monoisotopic (exact) mass is 274 g/mol. The van der Waals surface area contributed by atoms with Gasteiger partial charge in [-0.3, -0.25) is 0 Å². The van der Waals surface area contributed by atoms with Crippen LogP contribution < -0.4 is 11.1 Å². The number of nitrogens with zero attached hydrogens (tertiary/aromatic N) is 2. The van der Waals surface area contributed by atoms with E-state index < -0.39 is 12.0 Å². The maximum absolute atomic E-state index is 12.3. The summed E-state index contributed by atoms with van der Waals surface area (Å²) in [4.78, 5) is 3.36. The fourth-order valence-corrected chi connectivity index (χ4v) is 1.86. The molecule has 0 amide bonds. The number of para-hydroxylation sites is 1. The third-order valence-electron chi connectivity index (χ3n) is 2.16. The van der Waals surface area contributed by atoms with Crippen molar-refractivity contribution in [1.82, 2.24) is 9.36 Å². The molecule has 0 spiro atoms. The number of aromatic nitrogens is 2. The molecule has 2 rings (SSSR count). The average molecular weight is 274 g/mol.